The van der Waals surface area contributed by atoms with Gasteiger partial charge in [-0.25, -0.2) is 4.79 Å². The highest BCUT2D eigenvalue weighted by atomic mass is 16.6. The van der Waals surface area contributed by atoms with E-state index in [4.69, 9.17) is 4.74 Å². The highest BCUT2D eigenvalue weighted by Gasteiger charge is 2.40. The molecule has 0 saturated carbocycles. The number of carbonyl (C=O) groups excluding carboxylic acids is 3. The van der Waals surface area contributed by atoms with E-state index in [1.807, 2.05) is 62.4 Å². The van der Waals surface area contributed by atoms with Crippen LogP contribution in [0.5, 0.6) is 5.75 Å². The summed E-state index contributed by atoms with van der Waals surface area (Å²) in [5.74, 6) is -0.671. The van der Waals surface area contributed by atoms with E-state index in [1.165, 1.54) is 11.0 Å². The topological polar surface area (TPSA) is 108 Å². The van der Waals surface area contributed by atoms with Crippen molar-refractivity contribution in [1.82, 2.24) is 10.2 Å². The molecule has 8 heteroatoms. The molecule has 0 radical (unpaired) electrons. The molecule has 0 aromatic heterocycles. The fourth-order valence-corrected chi connectivity index (χ4v) is 5.04. The number of ether oxygens (including phenoxy) is 1. The molecule has 8 nitrogen and oxygen atoms in total. The van der Waals surface area contributed by atoms with E-state index in [0.29, 0.717) is 23.6 Å². The number of phenols is 1. The summed E-state index contributed by atoms with van der Waals surface area (Å²) >= 11 is 0. The van der Waals surface area contributed by atoms with Gasteiger partial charge in [-0.15, -0.1) is 0 Å². The lowest BCUT2D eigenvalue weighted by Crippen LogP contribution is -2.55. The second-order valence-corrected chi connectivity index (χ2v) is 12.7. The van der Waals surface area contributed by atoms with Crippen molar-refractivity contribution >= 4 is 23.6 Å². The van der Waals surface area contributed by atoms with Gasteiger partial charge in [0.15, 0.2) is 0 Å². The molecule has 236 valence electrons. The molecule has 3 rings (SSSR count). The lowest BCUT2D eigenvalue weighted by atomic mass is 9.95. The second-order valence-electron chi connectivity index (χ2n) is 12.7. The molecule has 0 aliphatic heterocycles. The summed E-state index contributed by atoms with van der Waals surface area (Å²) in [4.78, 5) is 43.6. The summed E-state index contributed by atoms with van der Waals surface area (Å²) in [5.41, 5.74) is 1.81. The molecule has 0 aliphatic carbocycles. The minimum atomic E-state index is -1.19. The van der Waals surface area contributed by atoms with Crippen LogP contribution in [0.25, 0.3) is 0 Å². The average Bonchev–Trinajstić information content (AvgIpc) is 2.95. The van der Waals surface area contributed by atoms with Crippen molar-refractivity contribution in [2.45, 2.75) is 91.5 Å². The molecule has 0 saturated heterocycles. The van der Waals surface area contributed by atoms with E-state index in [9.17, 15) is 19.5 Å². The van der Waals surface area contributed by atoms with E-state index >= 15 is 0 Å². The molecule has 0 heterocycles. The average molecular weight is 602 g/mol. The maximum atomic E-state index is 14.8. The zero-order valence-electron chi connectivity index (χ0n) is 27.0. The van der Waals surface area contributed by atoms with Gasteiger partial charge in [0.1, 0.15) is 23.4 Å². The molecular formula is C36H47N3O5. The number of aromatic hydroxyl groups is 1. The Kier molecular flexibility index (Phi) is 12.0. The summed E-state index contributed by atoms with van der Waals surface area (Å²) in [6.07, 6.45) is 0.861. The van der Waals surface area contributed by atoms with Crippen molar-refractivity contribution in [3.05, 3.63) is 95.6 Å². The van der Waals surface area contributed by atoms with Gasteiger partial charge in [-0.05, 0) is 76.6 Å². The van der Waals surface area contributed by atoms with Gasteiger partial charge in [0.05, 0.1) is 0 Å². The normalized spacial score (nSPS) is 13.5. The van der Waals surface area contributed by atoms with E-state index in [1.54, 1.807) is 45.0 Å². The number of hydrogen-bond donors (Lipinski definition) is 3. The SMILES string of the molecule is Cc1ccccc1NC(=O)C(c1ccccc1O)N(C(=O)C(Cc1ccccc1)NC(=O)OC(C)(C)C)C(C)CCC(C)C. The Morgan fingerprint density at radius 1 is 0.864 bits per heavy atom. The van der Waals surface area contributed by atoms with Gasteiger partial charge < -0.3 is 25.4 Å². The number of aryl methyl sites for hydroxylation is 1. The van der Waals surface area contributed by atoms with Crippen LogP contribution >= 0.6 is 0 Å². The molecule has 44 heavy (non-hydrogen) atoms. The van der Waals surface area contributed by atoms with Gasteiger partial charge in [-0.3, -0.25) is 9.59 Å². The number of rotatable bonds is 12. The van der Waals surface area contributed by atoms with Crippen LogP contribution in [0.15, 0.2) is 78.9 Å². The lowest BCUT2D eigenvalue weighted by Gasteiger charge is -2.39. The van der Waals surface area contributed by atoms with Crippen molar-refractivity contribution in [3.8, 4) is 5.75 Å². The summed E-state index contributed by atoms with van der Waals surface area (Å²) in [6.45, 7) is 13.3. The Labute approximate surface area is 261 Å². The van der Waals surface area contributed by atoms with E-state index in [-0.39, 0.29) is 12.2 Å². The summed E-state index contributed by atoms with van der Waals surface area (Å²) < 4.78 is 5.54. The first-order chi connectivity index (χ1) is 20.8. The van der Waals surface area contributed by atoms with Crippen LogP contribution < -0.4 is 10.6 Å². The van der Waals surface area contributed by atoms with Gasteiger partial charge in [-0.1, -0.05) is 80.6 Å². The molecule has 3 amide bonds. The molecule has 3 atom stereocenters. The van der Waals surface area contributed by atoms with Crippen molar-refractivity contribution in [3.63, 3.8) is 0 Å². The van der Waals surface area contributed by atoms with Crippen molar-refractivity contribution in [1.29, 1.82) is 0 Å². The van der Waals surface area contributed by atoms with Crippen LogP contribution in [-0.2, 0) is 20.7 Å². The molecule has 0 bridgehead atoms. The number of nitrogens with zero attached hydrogens (tertiary/aromatic N) is 1. The Morgan fingerprint density at radius 2 is 1.48 bits per heavy atom. The number of para-hydroxylation sites is 2. The van der Waals surface area contributed by atoms with Crippen LogP contribution in [0.1, 0.15) is 77.1 Å². The molecule has 3 aromatic carbocycles. The minimum absolute atomic E-state index is 0.106. The first-order valence-electron chi connectivity index (χ1n) is 15.3. The maximum Gasteiger partial charge on any atom is 0.408 e. The Hall–Kier alpha value is -4.33. The first-order valence-corrected chi connectivity index (χ1v) is 15.3. The number of nitrogens with one attached hydrogen (secondary N) is 2. The van der Waals surface area contributed by atoms with E-state index < -0.39 is 41.6 Å². The van der Waals surface area contributed by atoms with E-state index in [0.717, 1.165) is 17.5 Å². The lowest BCUT2D eigenvalue weighted by molar-refractivity contribution is -0.143. The van der Waals surface area contributed by atoms with Crippen LogP contribution in [0.4, 0.5) is 10.5 Å². The zero-order chi connectivity index (χ0) is 32.4. The Balaban J connectivity index is 2.14. The van der Waals surface area contributed by atoms with Gasteiger partial charge in [0.2, 0.25) is 5.91 Å². The molecule has 3 unspecified atom stereocenters. The van der Waals surface area contributed by atoms with Crippen molar-refractivity contribution in [2.24, 2.45) is 5.92 Å². The molecule has 0 aliphatic rings. The highest BCUT2D eigenvalue weighted by Crippen LogP contribution is 2.34. The highest BCUT2D eigenvalue weighted by molar-refractivity contribution is 6.00. The number of carbonyl (C=O) groups is 3. The van der Waals surface area contributed by atoms with Crippen LogP contribution in [0.3, 0.4) is 0 Å². The fourth-order valence-electron chi connectivity index (χ4n) is 5.04. The molecule has 0 fully saturated rings. The van der Waals surface area contributed by atoms with Gasteiger partial charge in [0.25, 0.3) is 5.91 Å². The monoisotopic (exact) mass is 601 g/mol. The summed E-state index contributed by atoms with van der Waals surface area (Å²) in [7, 11) is 0. The number of alkyl carbamates (subject to hydrolysis) is 1. The summed E-state index contributed by atoms with van der Waals surface area (Å²) in [6, 6.07) is 20.7. The predicted octanol–water partition coefficient (Wildman–Crippen LogP) is 7.17. The molecule has 0 spiro atoms. The maximum absolute atomic E-state index is 14.8. The van der Waals surface area contributed by atoms with Gasteiger partial charge in [-0.2, -0.15) is 0 Å². The molecule has 3 aromatic rings. The van der Waals surface area contributed by atoms with Crippen LogP contribution in [-0.4, -0.2) is 45.6 Å². The number of amides is 3. The molecule has 3 N–H and O–H groups in total. The third kappa shape index (κ3) is 9.86. The quantitative estimate of drug-likeness (QED) is 0.204. The first kappa shape index (κ1) is 34.2. The Morgan fingerprint density at radius 3 is 2.09 bits per heavy atom. The largest absolute Gasteiger partial charge is 0.508 e. The van der Waals surface area contributed by atoms with E-state index in [2.05, 4.69) is 24.5 Å². The van der Waals surface area contributed by atoms with Gasteiger partial charge >= 0.3 is 6.09 Å². The van der Waals surface area contributed by atoms with Crippen molar-refractivity contribution in [2.75, 3.05) is 5.32 Å². The minimum Gasteiger partial charge on any atom is -0.508 e. The number of hydrogen-bond acceptors (Lipinski definition) is 5. The zero-order valence-corrected chi connectivity index (χ0v) is 27.0. The fraction of sp³-hybridized carbons (Fsp3) is 0.417. The van der Waals surface area contributed by atoms with Crippen molar-refractivity contribution < 1.29 is 24.2 Å². The second kappa shape index (κ2) is 15.4. The number of phenolic OH excluding ortho intramolecular Hbond substituents is 1. The standard InChI is InChI=1S/C36H47N3O5/c1-24(2)21-22-26(4)39(34(42)30(23-27-16-9-8-10-17-27)38-35(43)44-36(5,6)7)32(28-18-12-14-20-31(28)40)33(41)37-29-19-13-11-15-25(29)3/h8-20,24,26,30,32,40H,21-23H2,1-7H3,(H,37,41)(H,38,43). The molecular weight excluding hydrogens is 554 g/mol. The smallest absolute Gasteiger partial charge is 0.408 e. The number of anilines is 1. The van der Waals surface area contributed by atoms with Gasteiger partial charge in [0, 0.05) is 23.7 Å². The third-order valence-corrected chi connectivity index (χ3v) is 7.32. The third-order valence-electron chi connectivity index (χ3n) is 7.32. The van der Waals surface area contributed by atoms with Crippen LogP contribution in [0.2, 0.25) is 0 Å². The van der Waals surface area contributed by atoms with Crippen LogP contribution in [0, 0.1) is 12.8 Å². The Bertz CT molecular complexity index is 1400. The number of benzene rings is 3. The predicted molar refractivity (Wildman–Crippen MR) is 174 cm³/mol. The summed E-state index contributed by atoms with van der Waals surface area (Å²) in [5, 5.41) is 16.8.